The fourth-order valence-electron chi connectivity index (χ4n) is 5.35. The van der Waals surface area contributed by atoms with Gasteiger partial charge in [-0.15, -0.1) is 0 Å². The minimum atomic E-state index is -0.495. The monoisotopic (exact) mass is 736 g/mol. The maximum absolute atomic E-state index is 11.4. The fraction of sp³-hybridized carbons (Fsp3) is 0.171. The van der Waals surface area contributed by atoms with Crippen molar-refractivity contribution in [3.05, 3.63) is 116 Å². The van der Waals surface area contributed by atoms with E-state index in [1.54, 1.807) is 33.4 Å². The summed E-state index contributed by atoms with van der Waals surface area (Å²) in [4.78, 5) is 41.3. The van der Waals surface area contributed by atoms with Gasteiger partial charge in [0.1, 0.15) is 23.1 Å². The molecule has 0 atom stereocenters. The molecule has 17 heteroatoms. The first kappa shape index (κ1) is 33.0. The Morgan fingerprint density at radius 3 is 2.13 bits per heavy atom. The molecule has 15 nitrogen and oxygen atoms in total. The molecule has 262 valence electrons. The highest BCUT2D eigenvalue weighted by Crippen LogP contribution is 2.28. The van der Waals surface area contributed by atoms with Crippen molar-refractivity contribution in [1.82, 2.24) is 39.2 Å². The molecule has 52 heavy (non-hydrogen) atoms. The van der Waals surface area contributed by atoms with E-state index in [1.807, 2.05) is 48.5 Å². The molecule has 0 bridgehead atoms. The lowest BCUT2D eigenvalue weighted by atomic mass is 10.3. The van der Waals surface area contributed by atoms with Crippen LogP contribution in [0, 0.1) is 0 Å². The van der Waals surface area contributed by atoms with Crippen molar-refractivity contribution < 1.29 is 9.90 Å². The van der Waals surface area contributed by atoms with Gasteiger partial charge in [-0.3, -0.25) is 14.8 Å². The molecule has 5 aromatic heterocycles. The van der Waals surface area contributed by atoms with Crippen molar-refractivity contribution in [1.29, 1.82) is 0 Å². The number of aromatic nitrogens is 8. The van der Waals surface area contributed by atoms with Gasteiger partial charge in [0.2, 0.25) is 5.88 Å². The second kappa shape index (κ2) is 13.8. The molecule has 2 saturated carbocycles. The number of aromatic amines is 2. The maximum Gasteiger partial charge on any atom is 0.326 e. The van der Waals surface area contributed by atoms with Gasteiger partial charge in [0, 0.05) is 44.8 Å². The van der Waals surface area contributed by atoms with Gasteiger partial charge in [0.25, 0.3) is 0 Å². The van der Waals surface area contributed by atoms with Crippen molar-refractivity contribution in [2.45, 2.75) is 37.8 Å². The van der Waals surface area contributed by atoms with Crippen LogP contribution >= 0.6 is 23.2 Å². The summed E-state index contributed by atoms with van der Waals surface area (Å²) in [5.41, 5.74) is 3.58. The number of rotatable bonds is 9. The second-order valence-corrected chi connectivity index (χ2v) is 13.2. The number of hydrogen-bond donors (Lipinski definition) is 6. The van der Waals surface area contributed by atoms with Crippen LogP contribution in [-0.2, 0) is 0 Å². The maximum atomic E-state index is 11.4. The average Bonchev–Trinajstić information content (AvgIpc) is 4.00. The van der Waals surface area contributed by atoms with Gasteiger partial charge >= 0.3 is 5.69 Å². The minimum Gasteiger partial charge on any atom is -0.493 e. The summed E-state index contributed by atoms with van der Waals surface area (Å²) < 4.78 is 3.31. The largest absolute Gasteiger partial charge is 0.493 e. The molecule has 9 rings (SSSR count). The third-order valence-corrected chi connectivity index (χ3v) is 8.60. The van der Waals surface area contributed by atoms with E-state index in [9.17, 15) is 14.7 Å². The second-order valence-electron chi connectivity index (χ2n) is 12.4. The van der Waals surface area contributed by atoms with Gasteiger partial charge in [-0.2, -0.15) is 19.2 Å². The molecule has 5 heterocycles. The highest BCUT2D eigenvalue weighted by molar-refractivity contribution is 6.31. The summed E-state index contributed by atoms with van der Waals surface area (Å²) in [6.45, 7) is 0. The number of carbonyl (C=O) groups is 1. The number of anilines is 5. The van der Waals surface area contributed by atoms with Crippen LogP contribution in [0.2, 0.25) is 10.0 Å². The first-order chi connectivity index (χ1) is 25.3. The van der Waals surface area contributed by atoms with Crippen LogP contribution in [0.5, 0.6) is 5.88 Å². The number of aromatic hydroxyl groups is 1. The van der Waals surface area contributed by atoms with Crippen LogP contribution in [0.4, 0.5) is 28.8 Å². The third-order valence-electron chi connectivity index (χ3n) is 8.13. The van der Waals surface area contributed by atoms with Crippen LogP contribution in [0.15, 0.2) is 82.8 Å². The SMILES string of the molecule is O=Cc1cnn2c(NC3CC3)cc(Nc3cccc(Cl)c3)nc12.O=c1[nH]c(O)c(C=c2cnn3c(=NC4CC4)cc(Nc4cccc(Cl)c4)nc23)[nH]1. The van der Waals surface area contributed by atoms with E-state index in [-0.39, 0.29) is 11.6 Å². The summed E-state index contributed by atoms with van der Waals surface area (Å²) in [7, 11) is 0. The normalized spacial score (nSPS) is 14.7. The van der Waals surface area contributed by atoms with Crippen LogP contribution in [0.3, 0.4) is 0 Å². The van der Waals surface area contributed by atoms with Gasteiger partial charge in [0.15, 0.2) is 23.1 Å². The van der Waals surface area contributed by atoms with Gasteiger partial charge in [-0.1, -0.05) is 35.3 Å². The Kier molecular flexibility index (Phi) is 8.78. The molecule has 7 aromatic rings. The van der Waals surface area contributed by atoms with Crippen LogP contribution < -0.4 is 32.3 Å². The van der Waals surface area contributed by atoms with Gasteiger partial charge in [0.05, 0.1) is 24.0 Å². The first-order valence-corrected chi connectivity index (χ1v) is 17.1. The molecule has 2 aliphatic carbocycles. The van der Waals surface area contributed by atoms with Crippen LogP contribution in [0.1, 0.15) is 41.7 Å². The van der Waals surface area contributed by atoms with Crippen LogP contribution in [-0.4, -0.2) is 62.6 Å². The zero-order valence-corrected chi connectivity index (χ0v) is 28.7. The number of fused-ring (bicyclic) bond motifs is 2. The molecule has 0 radical (unpaired) electrons. The molecule has 0 aliphatic heterocycles. The molecule has 2 aliphatic rings. The van der Waals surface area contributed by atoms with E-state index >= 15 is 0 Å². The van der Waals surface area contributed by atoms with Crippen molar-refractivity contribution in [3.8, 4) is 5.88 Å². The molecule has 0 amide bonds. The standard InChI is InChI=1S/C19H16ClN7O2.C16H14ClN5O/c20-11-2-1-3-13(7-11)22-15-8-16(23-12-4-5-12)27-17(25-15)10(9-21-27)6-14-18(28)26-19(29)24-14;17-11-2-1-3-13(6-11)19-14-7-15(20-12-4-5-12)22-16(21-14)10(9-23)8-18-22/h1-3,6-9,12,22,28H,4-5H2,(H2,24,26,29);1-3,6-9,12,20H,4-5H2,(H,19,21). The van der Waals surface area contributed by atoms with Crippen molar-refractivity contribution in [2.24, 2.45) is 4.99 Å². The molecular formula is C35H30Cl2N12O3. The quantitative estimate of drug-likeness (QED) is 0.110. The number of aldehydes is 1. The highest BCUT2D eigenvalue weighted by atomic mass is 35.5. The van der Waals surface area contributed by atoms with Gasteiger partial charge in [-0.25, -0.2) is 14.8 Å². The van der Waals surface area contributed by atoms with E-state index in [2.05, 4.69) is 46.1 Å². The molecular weight excluding hydrogens is 707 g/mol. The predicted molar refractivity (Wildman–Crippen MR) is 198 cm³/mol. The number of halogens is 2. The number of H-pyrrole nitrogens is 2. The molecule has 2 aromatic carbocycles. The first-order valence-electron chi connectivity index (χ1n) is 16.4. The van der Waals surface area contributed by atoms with E-state index in [1.165, 1.54) is 6.20 Å². The predicted octanol–water partition coefficient (Wildman–Crippen LogP) is 4.97. The number of imidazole rings is 1. The van der Waals surface area contributed by atoms with E-state index < -0.39 is 5.69 Å². The summed E-state index contributed by atoms with van der Waals surface area (Å²) in [6.07, 6.45) is 9.90. The third kappa shape index (κ3) is 7.45. The van der Waals surface area contributed by atoms with Crippen molar-refractivity contribution in [3.63, 3.8) is 0 Å². The molecule has 0 unspecified atom stereocenters. The number of nitrogens with zero attached hydrogens (tertiary/aromatic N) is 7. The van der Waals surface area contributed by atoms with Crippen molar-refractivity contribution >= 4 is 75.7 Å². The Labute approximate surface area is 304 Å². The Hall–Kier alpha value is -6.19. The lowest BCUT2D eigenvalue weighted by molar-refractivity contribution is 0.112. The van der Waals surface area contributed by atoms with E-state index in [4.69, 9.17) is 28.2 Å². The molecule has 2 fully saturated rings. The van der Waals surface area contributed by atoms with E-state index in [0.29, 0.717) is 61.3 Å². The lowest BCUT2D eigenvalue weighted by Gasteiger charge is -2.11. The summed E-state index contributed by atoms with van der Waals surface area (Å²) in [6, 6.07) is 19.2. The minimum absolute atomic E-state index is 0.245. The summed E-state index contributed by atoms with van der Waals surface area (Å²) in [5, 5.41) is 30.2. The summed E-state index contributed by atoms with van der Waals surface area (Å²) in [5.74, 6) is 1.79. The number of hydrogen-bond acceptors (Lipinski definition) is 11. The smallest absolute Gasteiger partial charge is 0.326 e. The highest BCUT2D eigenvalue weighted by Gasteiger charge is 2.23. The Morgan fingerprint density at radius 2 is 1.52 bits per heavy atom. The lowest BCUT2D eigenvalue weighted by Crippen LogP contribution is -2.19. The Balaban J connectivity index is 0.000000153. The Bertz CT molecular complexity index is 2640. The molecule has 0 spiro atoms. The van der Waals surface area contributed by atoms with Gasteiger partial charge < -0.3 is 26.0 Å². The van der Waals surface area contributed by atoms with E-state index in [0.717, 1.165) is 49.2 Å². The molecule has 0 saturated heterocycles. The summed E-state index contributed by atoms with van der Waals surface area (Å²) >= 11 is 12.1. The number of carbonyl (C=O) groups excluding carboxylic acids is 1. The number of benzene rings is 2. The van der Waals surface area contributed by atoms with Crippen molar-refractivity contribution in [2.75, 3.05) is 16.0 Å². The molecule has 6 N–H and O–H groups in total. The zero-order chi connectivity index (χ0) is 35.8. The Morgan fingerprint density at radius 1 is 0.846 bits per heavy atom. The fourth-order valence-corrected chi connectivity index (χ4v) is 5.74. The topological polar surface area (TPSA) is 195 Å². The average molecular weight is 738 g/mol. The van der Waals surface area contributed by atoms with Crippen LogP contribution in [0.25, 0.3) is 17.4 Å². The zero-order valence-electron chi connectivity index (χ0n) is 27.2. The van der Waals surface area contributed by atoms with Gasteiger partial charge in [-0.05, 0) is 68.2 Å². The number of nitrogens with one attached hydrogen (secondary N) is 5.